The molecule has 0 N–H and O–H groups in total. The van der Waals surface area contributed by atoms with Gasteiger partial charge in [0.15, 0.2) is 0 Å². The Morgan fingerprint density at radius 3 is 0.600 bits per heavy atom. The standard InChI is InChI=1S/Co.4FH/h;4*1H/q+2;;;;/p-3. The van der Waals surface area contributed by atoms with Crippen LogP contribution in [0, 0.1) is 0 Å². The molecular weight excluding hydrogens is 135 g/mol. The Morgan fingerprint density at radius 1 is 0.600 bits per heavy atom. The van der Waals surface area contributed by atoms with Gasteiger partial charge >= 0.3 is 18.2 Å². The molecule has 0 nitrogen and oxygen atoms in total. The quantitative estimate of drug-likeness (QED) is 0.290. The summed E-state index contributed by atoms with van der Waals surface area (Å²) in [6.07, 6.45) is 0. The van der Waals surface area contributed by atoms with Crippen LogP contribution in [0.25, 0.3) is 0 Å². The average Bonchev–Trinajstić information content (AvgIpc) is 0. The van der Waals surface area contributed by atoms with Crippen LogP contribution in [0.5, 0.6) is 0 Å². The van der Waals surface area contributed by atoms with E-state index in [4.69, 9.17) is 0 Å². The van der Waals surface area contributed by atoms with Gasteiger partial charge in [-0.15, -0.1) is 0 Å². The summed E-state index contributed by atoms with van der Waals surface area (Å²) >= 11 is 0. The predicted octanol–water partition coefficient (Wildman–Crippen LogP) is -11.9. The van der Waals surface area contributed by atoms with Crippen molar-refractivity contribution in [2.45, 2.75) is 0 Å². The van der Waals surface area contributed by atoms with Crippen LogP contribution in [0.1, 0.15) is 1.43 Å². The van der Waals surface area contributed by atoms with Crippen LogP contribution in [0.3, 0.4) is 0 Å². The molecule has 0 heterocycles. The summed E-state index contributed by atoms with van der Waals surface area (Å²) in [6, 6.07) is 0. The summed E-state index contributed by atoms with van der Waals surface area (Å²) in [4.78, 5) is 0. The third-order valence-corrected chi connectivity index (χ3v) is 0. The van der Waals surface area contributed by atoms with Gasteiger partial charge < -0.3 is 18.8 Å². The van der Waals surface area contributed by atoms with E-state index < -0.39 is 0 Å². The van der Waals surface area contributed by atoms with Gasteiger partial charge in [-0.2, -0.15) is 0 Å². The van der Waals surface area contributed by atoms with Gasteiger partial charge in [-0.3, -0.25) is 0 Å². The molecule has 0 bridgehead atoms. The molecule has 1 radical (unpaired) electrons. The fourth-order valence-corrected chi connectivity index (χ4v) is 0. The van der Waals surface area contributed by atoms with Crippen LogP contribution in [-0.4, -0.2) is 0 Å². The van der Waals surface area contributed by atoms with E-state index in [1.165, 1.54) is 0 Å². The Balaban J connectivity index is 0. The average molecular weight is 136 g/mol. The number of hydrogen-bond acceptors (Lipinski definition) is 0. The van der Waals surface area contributed by atoms with Gasteiger partial charge in [0.1, 0.15) is 0 Å². The molecule has 0 unspecified atom stereocenters. The Morgan fingerprint density at radius 2 is 0.600 bits per heavy atom. The van der Waals surface area contributed by atoms with Crippen molar-refractivity contribution in [2.24, 2.45) is 0 Å². The molecular formula is HCoF4-. The van der Waals surface area contributed by atoms with Crippen LogP contribution in [0.4, 0.5) is 0 Å². The predicted molar refractivity (Wildman–Crippen MR) is 1.11 cm³/mol. The molecule has 0 rings (SSSR count). The van der Waals surface area contributed by atoms with E-state index in [-0.39, 0.29) is 37.0 Å². The van der Waals surface area contributed by atoms with Crippen LogP contribution in [-0.2, 0) is 16.8 Å². The van der Waals surface area contributed by atoms with Crippen molar-refractivity contribution in [2.75, 3.05) is 0 Å². The van der Waals surface area contributed by atoms with E-state index in [1.54, 1.807) is 0 Å². The van der Waals surface area contributed by atoms with Crippen LogP contribution in [0.2, 0.25) is 0 Å². The normalized spacial score (nSPS) is 0. The second kappa shape index (κ2) is 858. The molecule has 0 aliphatic heterocycles. The van der Waals surface area contributed by atoms with E-state index in [1.807, 2.05) is 0 Å². The first-order valence-electron chi connectivity index (χ1n) is 0. The molecule has 0 aromatic carbocycles. The minimum atomic E-state index is 0. The third kappa shape index (κ3) is 408. The van der Waals surface area contributed by atoms with Gasteiger partial charge in [-0.05, 0) is 0 Å². The SMILES string of the molecule is [Co+2].[F-].[F-].[F-].[F-].[H+]. The zero-order valence-electron chi connectivity index (χ0n) is 2.85. The Bertz CT molecular complexity index is 7.51. The van der Waals surface area contributed by atoms with E-state index in [2.05, 4.69) is 0 Å². The van der Waals surface area contributed by atoms with Crippen molar-refractivity contribution < 1.29 is 37.0 Å². The maximum atomic E-state index is 0. The molecule has 0 spiro atoms. The second-order valence-electron chi connectivity index (χ2n) is 0. The van der Waals surface area contributed by atoms with E-state index in [0.717, 1.165) is 0 Å². The first-order chi connectivity index (χ1) is 0. The maximum absolute atomic E-state index is 0. The molecule has 0 atom stereocenters. The first kappa shape index (κ1) is 1820. The molecule has 0 aromatic heterocycles. The summed E-state index contributed by atoms with van der Waals surface area (Å²) in [7, 11) is 0. The number of rotatable bonds is 0. The van der Waals surface area contributed by atoms with Crippen LogP contribution in [0.15, 0.2) is 0 Å². The summed E-state index contributed by atoms with van der Waals surface area (Å²) < 4.78 is 0. The van der Waals surface area contributed by atoms with Crippen LogP contribution >= 0.6 is 0 Å². The third-order valence-electron chi connectivity index (χ3n) is 0. The molecule has 0 fully saturated rings. The maximum Gasteiger partial charge on any atom is 2.00 e. The van der Waals surface area contributed by atoms with E-state index in [0.29, 0.717) is 0 Å². The number of halogens is 4. The van der Waals surface area contributed by atoms with Gasteiger partial charge in [0.05, 0.1) is 0 Å². The monoisotopic (exact) mass is 136 g/mol. The summed E-state index contributed by atoms with van der Waals surface area (Å²) in [5.41, 5.74) is 0. The van der Waals surface area contributed by atoms with Gasteiger partial charge in [0, 0.05) is 0 Å². The summed E-state index contributed by atoms with van der Waals surface area (Å²) in [5, 5.41) is 0. The molecule has 5 heavy (non-hydrogen) atoms. The van der Waals surface area contributed by atoms with E-state index in [9.17, 15) is 0 Å². The van der Waals surface area contributed by atoms with Crippen molar-refractivity contribution in [3.05, 3.63) is 0 Å². The van der Waals surface area contributed by atoms with Crippen LogP contribution < -0.4 is 18.8 Å². The van der Waals surface area contributed by atoms with Gasteiger partial charge in [-0.1, -0.05) is 0 Å². The molecule has 0 saturated carbocycles. The Kier molecular flexibility index (Phi) is 312000. The van der Waals surface area contributed by atoms with Crippen molar-refractivity contribution >= 4 is 0 Å². The fraction of sp³-hybridized carbons (Fsp3) is 0. The zero-order valence-corrected chi connectivity index (χ0v) is 2.89. The Labute approximate surface area is 38.1 Å². The van der Waals surface area contributed by atoms with Crippen molar-refractivity contribution in [3.63, 3.8) is 0 Å². The largest absolute Gasteiger partial charge is 2.00 e. The molecule has 39 valence electrons. The fourth-order valence-electron chi connectivity index (χ4n) is 0. The first-order valence-corrected chi connectivity index (χ1v) is 0. The molecule has 0 amide bonds. The van der Waals surface area contributed by atoms with E-state index >= 15 is 0 Å². The summed E-state index contributed by atoms with van der Waals surface area (Å²) in [6.45, 7) is 0. The van der Waals surface area contributed by atoms with Crippen molar-refractivity contribution in [3.8, 4) is 0 Å². The zero-order chi connectivity index (χ0) is 0. The minimum Gasteiger partial charge on any atom is -1.00 e. The van der Waals surface area contributed by atoms with Gasteiger partial charge in [-0.25, -0.2) is 0 Å². The van der Waals surface area contributed by atoms with Gasteiger partial charge in [0.2, 0.25) is 0 Å². The summed E-state index contributed by atoms with van der Waals surface area (Å²) in [5.74, 6) is 0. The molecule has 0 aromatic rings. The number of hydrogen-bond donors (Lipinski definition) is 0. The van der Waals surface area contributed by atoms with Gasteiger partial charge in [0.25, 0.3) is 0 Å². The van der Waals surface area contributed by atoms with Crippen molar-refractivity contribution in [1.29, 1.82) is 0 Å². The smallest absolute Gasteiger partial charge is 1.00 e. The second-order valence-corrected chi connectivity index (χ2v) is 0. The molecule has 0 saturated heterocycles. The topological polar surface area (TPSA) is 0 Å². The molecule has 0 aliphatic carbocycles. The Hall–Kier alpha value is 0.226. The minimum absolute atomic E-state index is 0. The van der Waals surface area contributed by atoms with Crippen molar-refractivity contribution in [1.82, 2.24) is 0 Å². The molecule has 0 aliphatic rings. The molecule has 5 heteroatoms.